The SMILES string of the molecule is CNCC1CCC1N1CCCN2CCCC2C1. The average Bonchev–Trinajstić information content (AvgIpc) is 2.64. The third-order valence-electron chi connectivity index (χ3n) is 5.15. The van der Waals surface area contributed by atoms with Crippen LogP contribution in [-0.4, -0.2) is 61.7 Å². The van der Waals surface area contributed by atoms with Crippen LogP contribution < -0.4 is 5.32 Å². The van der Waals surface area contributed by atoms with Crippen LogP contribution in [0.2, 0.25) is 0 Å². The normalized spacial score (nSPS) is 39.7. The van der Waals surface area contributed by atoms with Gasteiger partial charge in [0.05, 0.1) is 0 Å². The zero-order chi connectivity index (χ0) is 11.7. The summed E-state index contributed by atoms with van der Waals surface area (Å²) < 4.78 is 0. The molecule has 0 spiro atoms. The van der Waals surface area contributed by atoms with Gasteiger partial charge < -0.3 is 5.32 Å². The monoisotopic (exact) mass is 237 g/mol. The number of hydrogen-bond acceptors (Lipinski definition) is 3. The minimum Gasteiger partial charge on any atom is -0.319 e. The van der Waals surface area contributed by atoms with E-state index in [0.717, 1.165) is 18.0 Å². The Morgan fingerprint density at radius 2 is 1.82 bits per heavy atom. The van der Waals surface area contributed by atoms with E-state index in [4.69, 9.17) is 0 Å². The van der Waals surface area contributed by atoms with Gasteiger partial charge in [0.1, 0.15) is 0 Å². The summed E-state index contributed by atoms with van der Waals surface area (Å²) in [5.41, 5.74) is 0. The van der Waals surface area contributed by atoms with Crippen molar-refractivity contribution in [2.45, 2.75) is 44.2 Å². The van der Waals surface area contributed by atoms with E-state index in [1.165, 1.54) is 64.8 Å². The lowest BCUT2D eigenvalue weighted by Crippen LogP contribution is -2.52. The Morgan fingerprint density at radius 1 is 1.00 bits per heavy atom. The fourth-order valence-corrected chi connectivity index (χ4v) is 4.07. The molecule has 98 valence electrons. The summed E-state index contributed by atoms with van der Waals surface area (Å²) in [6.45, 7) is 6.63. The quantitative estimate of drug-likeness (QED) is 0.794. The predicted molar refractivity (Wildman–Crippen MR) is 71.2 cm³/mol. The fourth-order valence-electron chi connectivity index (χ4n) is 4.07. The Labute approximate surface area is 106 Å². The summed E-state index contributed by atoms with van der Waals surface area (Å²) in [5.74, 6) is 0.924. The Balaban J connectivity index is 1.59. The highest BCUT2D eigenvalue weighted by Crippen LogP contribution is 2.34. The summed E-state index contributed by atoms with van der Waals surface area (Å²) in [5, 5.41) is 3.36. The first-order valence-corrected chi connectivity index (χ1v) is 7.51. The van der Waals surface area contributed by atoms with Crippen molar-refractivity contribution >= 4 is 0 Å². The van der Waals surface area contributed by atoms with Gasteiger partial charge in [0.25, 0.3) is 0 Å². The van der Waals surface area contributed by atoms with Crippen LogP contribution in [0, 0.1) is 5.92 Å². The second-order valence-electron chi connectivity index (χ2n) is 6.14. The Bertz CT molecular complexity index is 256. The molecule has 0 bridgehead atoms. The largest absolute Gasteiger partial charge is 0.319 e. The Kier molecular flexibility index (Phi) is 3.69. The van der Waals surface area contributed by atoms with Crippen LogP contribution in [0.15, 0.2) is 0 Å². The molecule has 1 N–H and O–H groups in total. The second kappa shape index (κ2) is 5.25. The maximum atomic E-state index is 3.36. The molecule has 0 aromatic carbocycles. The highest BCUT2D eigenvalue weighted by atomic mass is 15.3. The highest BCUT2D eigenvalue weighted by molar-refractivity contribution is 4.94. The first kappa shape index (κ1) is 11.9. The number of rotatable bonds is 3. The van der Waals surface area contributed by atoms with Crippen LogP contribution in [0.25, 0.3) is 0 Å². The van der Waals surface area contributed by atoms with E-state index in [2.05, 4.69) is 22.2 Å². The molecular weight excluding hydrogens is 210 g/mol. The molecule has 3 atom stereocenters. The summed E-state index contributed by atoms with van der Waals surface area (Å²) in [7, 11) is 2.09. The van der Waals surface area contributed by atoms with E-state index in [0.29, 0.717) is 0 Å². The molecule has 1 saturated carbocycles. The molecule has 2 heterocycles. The highest BCUT2D eigenvalue weighted by Gasteiger charge is 2.38. The zero-order valence-electron chi connectivity index (χ0n) is 11.2. The van der Waals surface area contributed by atoms with E-state index in [1.54, 1.807) is 0 Å². The molecule has 0 radical (unpaired) electrons. The standard InChI is InChI=1S/C14H27N3/c1-15-10-12-5-6-14(12)17-9-3-8-16-7-2-4-13(16)11-17/h12-15H,2-11H2,1H3. The van der Waals surface area contributed by atoms with Gasteiger partial charge in [-0.25, -0.2) is 0 Å². The maximum absolute atomic E-state index is 3.36. The maximum Gasteiger partial charge on any atom is 0.0223 e. The van der Waals surface area contributed by atoms with Crippen molar-refractivity contribution in [2.75, 3.05) is 39.8 Å². The van der Waals surface area contributed by atoms with Crippen LogP contribution in [-0.2, 0) is 0 Å². The van der Waals surface area contributed by atoms with Gasteiger partial charge in [0.15, 0.2) is 0 Å². The van der Waals surface area contributed by atoms with Crippen molar-refractivity contribution in [1.82, 2.24) is 15.1 Å². The van der Waals surface area contributed by atoms with Crippen LogP contribution in [0.4, 0.5) is 0 Å². The van der Waals surface area contributed by atoms with Crippen LogP contribution in [0.3, 0.4) is 0 Å². The summed E-state index contributed by atoms with van der Waals surface area (Å²) >= 11 is 0. The molecule has 3 rings (SSSR count). The van der Waals surface area contributed by atoms with E-state index in [1.807, 2.05) is 0 Å². The van der Waals surface area contributed by atoms with Crippen LogP contribution in [0.5, 0.6) is 0 Å². The van der Waals surface area contributed by atoms with Gasteiger partial charge in [0, 0.05) is 18.6 Å². The lowest BCUT2D eigenvalue weighted by atomic mass is 9.78. The topological polar surface area (TPSA) is 18.5 Å². The third-order valence-corrected chi connectivity index (χ3v) is 5.15. The number of nitrogens with zero attached hydrogens (tertiary/aromatic N) is 2. The smallest absolute Gasteiger partial charge is 0.0223 e. The molecule has 0 amide bonds. The average molecular weight is 237 g/mol. The van der Waals surface area contributed by atoms with Crippen molar-refractivity contribution in [3.05, 3.63) is 0 Å². The van der Waals surface area contributed by atoms with E-state index in [9.17, 15) is 0 Å². The van der Waals surface area contributed by atoms with Crippen LogP contribution in [0.1, 0.15) is 32.1 Å². The molecule has 3 heteroatoms. The van der Waals surface area contributed by atoms with Gasteiger partial charge in [-0.1, -0.05) is 0 Å². The summed E-state index contributed by atoms with van der Waals surface area (Å²) in [6, 6.07) is 1.77. The molecule has 3 unspecified atom stereocenters. The van der Waals surface area contributed by atoms with E-state index in [-0.39, 0.29) is 0 Å². The summed E-state index contributed by atoms with van der Waals surface area (Å²) in [4.78, 5) is 5.56. The fraction of sp³-hybridized carbons (Fsp3) is 1.00. The molecule has 2 saturated heterocycles. The Morgan fingerprint density at radius 3 is 2.59 bits per heavy atom. The molecular formula is C14H27N3. The molecule has 3 aliphatic rings. The molecule has 0 aromatic rings. The molecule has 2 aliphatic heterocycles. The molecule has 3 fully saturated rings. The second-order valence-corrected chi connectivity index (χ2v) is 6.14. The first-order chi connectivity index (χ1) is 8.38. The van der Waals surface area contributed by atoms with E-state index < -0.39 is 0 Å². The van der Waals surface area contributed by atoms with Gasteiger partial charge in [-0.15, -0.1) is 0 Å². The van der Waals surface area contributed by atoms with Crippen molar-refractivity contribution in [1.29, 1.82) is 0 Å². The first-order valence-electron chi connectivity index (χ1n) is 7.51. The van der Waals surface area contributed by atoms with Crippen molar-refractivity contribution in [2.24, 2.45) is 5.92 Å². The minimum absolute atomic E-state index is 0.883. The number of nitrogens with one attached hydrogen (secondary N) is 1. The van der Waals surface area contributed by atoms with Crippen molar-refractivity contribution < 1.29 is 0 Å². The van der Waals surface area contributed by atoms with Crippen molar-refractivity contribution in [3.8, 4) is 0 Å². The van der Waals surface area contributed by atoms with Gasteiger partial charge in [-0.3, -0.25) is 9.80 Å². The zero-order valence-corrected chi connectivity index (χ0v) is 11.2. The number of fused-ring (bicyclic) bond motifs is 1. The Hall–Kier alpha value is -0.120. The molecule has 1 aliphatic carbocycles. The molecule has 17 heavy (non-hydrogen) atoms. The van der Waals surface area contributed by atoms with E-state index >= 15 is 0 Å². The van der Waals surface area contributed by atoms with Gasteiger partial charge in [-0.05, 0) is 71.2 Å². The summed E-state index contributed by atoms with van der Waals surface area (Å²) in [6.07, 6.45) is 7.15. The minimum atomic E-state index is 0.883. The lowest BCUT2D eigenvalue weighted by molar-refractivity contribution is 0.0572. The molecule has 3 nitrogen and oxygen atoms in total. The van der Waals surface area contributed by atoms with Crippen molar-refractivity contribution in [3.63, 3.8) is 0 Å². The van der Waals surface area contributed by atoms with Crippen LogP contribution >= 0.6 is 0 Å². The van der Waals surface area contributed by atoms with Gasteiger partial charge >= 0.3 is 0 Å². The van der Waals surface area contributed by atoms with Gasteiger partial charge in [0.2, 0.25) is 0 Å². The third kappa shape index (κ3) is 2.38. The predicted octanol–water partition coefficient (Wildman–Crippen LogP) is 1.15. The molecule has 0 aromatic heterocycles. The lowest BCUT2D eigenvalue weighted by Gasteiger charge is -2.45. The number of hydrogen-bond donors (Lipinski definition) is 1. The van der Waals surface area contributed by atoms with Gasteiger partial charge in [-0.2, -0.15) is 0 Å².